The SMILES string of the molecule is CC(=O)N1c2ccccc2SC1c1cc(Cl)ccc1OCCCN(C)C. The lowest BCUT2D eigenvalue weighted by Crippen LogP contribution is -2.28. The predicted molar refractivity (Wildman–Crippen MR) is 108 cm³/mol. The Balaban J connectivity index is 1.88. The second-order valence-electron chi connectivity index (χ2n) is 6.51. The van der Waals surface area contributed by atoms with Crippen molar-refractivity contribution in [3.8, 4) is 5.75 Å². The van der Waals surface area contributed by atoms with Crippen molar-refractivity contribution in [3.05, 3.63) is 53.1 Å². The second kappa shape index (κ2) is 8.33. The molecule has 0 aliphatic carbocycles. The lowest BCUT2D eigenvalue weighted by atomic mass is 10.1. The molecule has 1 heterocycles. The predicted octanol–water partition coefficient (Wildman–Crippen LogP) is 4.83. The van der Waals surface area contributed by atoms with E-state index in [0.717, 1.165) is 34.9 Å². The van der Waals surface area contributed by atoms with E-state index in [1.807, 2.05) is 61.5 Å². The van der Waals surface area contributed by atoms with Gasteiger partial charge < -0.3 is 9.64 Å². The minimum atomic E-state index is -0.174. The van der Waals surface area contributed by atoms with Crippen molar-refractivity contribution in [2.45, 2.75) is 23.6 Å². The number of amides is 1. The third kappa shape index (κ3) is 4.17. The number of halogens is 1. The Morgan fingerprint density at radius 1 is 1.27 bits per heavy atom. The largest absolute Gasteiger partial charge is 0.493 e. The average Bonchev–Trinajstić information content (AvgIpc) is 2.99. The van der Waals surface area contributed by atoms with E-state index in [1.165, 1.54) is 0 Å². The van der Waals surface area contributed by atoms with Crippen LogP contribution in [0.25, 0.3) is 0 Å². The standard InChI is InChI=1S/C20H23ClN2O2S/c1-14(24)23-17-7-4-5-8-19(17)26-20(23)16-13-15(21)9-10-18(16)25-12-6-11-22(2)3/h4-5,7-10,13,20H,6,11-12H2,1-3H3. The van der Waals surface area contributed by atoms with Crippen molar-refractivity contribution in [1.82, 2.24) is 4.90 Å². The van der Waals surface area contributed by atoms with Crippen molar-refractivity contribution < 1.29 is 9.53 Å². The smallest absolute Gasteiger partial charge is 0.225 e. The molecule has 2 aromatic rings. The van der Waals surface area contributed by atoms with Crippen LogP contribution in [-0.4, -0.2) is 38.1 Å². The van der Waals surface area contributed by atoms with Gasteiger partial charge in [-0.15, -0.1) is 0 Å². The number of carbonyl (C=O) groups excluding carboxylic acids is 1. The Morgan fingerprint density at radius 2 is 2.04 bits per heavy atom. The van der Waals surface area contributed by atoms with E-state index < -0.39 is 0 Å². The Labute approximate surface area is 164 Å². The van der Waals surface area contributed by atoms with Crippen LogP contribution in [0.15, 0.2) is 47.4 Å². The highest BCUT2D eigenvalue weighted by molar-refractivity contribution is 8.00. The van der Waals surface area contributed by atoms with Gasteiger partial charge in [-0.3, -0.25) is 9.69 Å². The molecule has 0 saturated carbocycles. The first-order chi connectivity index (χ1) is 12.5. The number of benzene rings is 2. The van der Waals surface area contributed by atoms with Crippen molar-refractivity contribution in [2.75, 3.05) is 32.1 Å². The summed E-state index contributed by atoms with van der Waals surface area (Å²) in [6, 6.07) is 13.6. The molecule has 3 rings (SSSR count). The van der Waals surface area contributed by atoms with Gasteiger partial charge in [0.25, 0.3) is 0 Å². The zero-order valence-electron chi connectivity index (χ0n) is 15.2. The summed E-state index contributed by atoms with van der Waals surface area (Å²) in [7, 11) is 4.09. The molecular weight excluding hydrogens is 368 g/mol. The first-order valence-corrected chi connectivity index (χ1v) is 9.85. The highest BCUT2D eigenvalue weighted by Crippen LogP contribution is 2.53. The lowest BCUT2D eigenvalue weighted by Gasteiger charge is -2.25. The number of fused-ring (bicyclic) bond motifs is 1. The molecule has 26 heavy (non-hydrogen) atoms. The fraction of sp³-hybridized carbons (Fsp3) is 0.350. The van der Waals surface area contributed by atoms with Gasteiger partial charge in [-0.2, -0.15) is 0 Å². The quantitative estimate of drug-likeness (QED) is 0.661. The van der Waals surface area contributed by atoms with Crippen LogP contribution >= 0.6 is 23.4 Å². The monoisotopic (exact) mass is 390 g/mol. The zero-order valence-corrected chi connectivity index (χ0v) is 16.8. The highest BCUT2D eigenvalue weighted by Gasteiger charge is 2.35. The van der Waals surface area contributed by atoms with Gasteiger partial charge >= 0.3 is 0 Å². The maximum Gasteiger partial charge on any atom is 0.225 e. The first-order valence-electron chi connectivity index (χ1n) is 8.60. The van der Waals surface area contributed by atoms with Gasteiger partial charge in [-0.25, -0.2) is 0 Å². The summed E-state index contributed by atoms with van der Waals surface area (Å²) in [4.78, 5) is 17.4. The van der Waals surface area contributed by atoms with Gasteiger partial charge in [0.05, 0.1) is 12.3 Å². The number of carbonyl (C=O) groups is 1. The number of thioether (sulfide) groups is 1. The molecule has 1 aliphatic rings. The van der Waals surface area contributed by atoms with E-state index in [-0.39, 0.29) is 11.3 Å². The van der Waals surface area contributed by atoms with E-state index in [9.17, 15) is 4.79 Å². The molecule has 138 valence electrons. The minimum Gasteiger partial charge on any atom is -0.493 e. The molecule has 0 bridgehead atoms. The molecule has 2 aromatic carbocycles. The van der Waals surface area contributed by atoms with Crippen LogP contribution < -0.4 is 9.64 Å². The fourth-order valence-corrected chi connectivity index (χ4v) is 4.54. The molecule has 6 heteroatoms. The number of ether oxygens (including phenoxy) is 1. The van der Waals surface area contributed by atoms with Crippen LogP contribution in [-0.2, 0) is 4.79 Å². The number of hydrogen-bond acceptors (Lipinski definition) is 4. The number of rotatable bonds is 6. The molecule has 1 unspecified atom stereocenters. The number of nitrogens with zero attached hydrogens (tertiary/aromatic N) is 2. The first kappa shape index (κ1) is 19.1. The minimum absolute atomic E-state index is 0.00554. The van der Waals surface area contributed by atoms with E-state index in [1.54, 1.807) is 18.7 Å². The maximum atomic E-state index is 12.4. The van der Waals surface area contributed by atoms with Gasteiger partial charge in [0.15, 0.2) is 0 Å². The number of anilines is 1. The van der Waals surface area contributed by atoms with Gasteiger partial charge in [-0.1, -0.05) is 35.5 Å². The third-order valence-electron chi connectivity index (χ3n) is 4.18. The fourth-order valence-electron chi connectivity index (χ4n) is 3.00. The number of hydrogen-bond donors (Lipinski definition) is 0. The second-order valence-corrected chi connectivity index (χ2v) is 8.07. The zero-order chi connectivity index (χ0) is 18.7. The van der Waals surface area contributed by atoms with Crippen molar-refractivity contribution >= 4 is 35.0 Å². The molecule has 1 amide bonds. The molecule has 0 radical (unpaired) electrons. The van der Waals surface area contributed by atoms with Crippen LogP contribution in [0.3, 0.4) is 0 Å². The van der Waals surface area contributed by atoms with E-state index in [0.29, 0.717) is 11.6 Å². The van der Waals surface area contributed by atoms with E-state index >= 15 is 0 Å². The molecule has 1 atom stereocenters. The Kier molecular flexibility index (Phi) is 6.12. The highest BCUT2D eigenvalue weighted by atomic mass is 35.5. The summed E-state index contributed by atoms with van der Waals surface area (Å²) in [5, 5.41) is 0.466. The van der Waals surface area contributed by atoms with Gasteiger partial charge in [0.1, 0.15) is 11.1 Å². The normalized spacial score (nSPS) is 16.0. The van der Waals surface area contributed by atoms with E-state index in [4.69, 9.17) is 16.3 Å². The summed E-state index contributed by atoms with van der Waals surface area (Å²) in [6.07, 6.45) is 0.934. The lowest BCUT2D eigenvalue weighted by molar-refractivity contribution is -0.116. The summed E-state index contributed by atoms with van der Waals surface area (Å²) in [6.45, 7) is 3.18. The number of para-hydroxylation sites is 1. The van der Waals surface area contributed by atoms with Crippen molar-refractivity contribution in [3.63, 3.8) is 0 Å². The van der Waals surface area contributed by atoms with Gasteiger partial charge in [0.2, 0.25) is 5.91 Å². The van der Waals surface area contributed by atoms with E-state index in [2.05, 4.69) is 4.90 Å². The summed E-state index contributed by atoms with van der Waals surface area (Å²) in [5.41, 5.74) is 1.87. The molecule has 0 spiro atoms. The molecular formula is C20H23ClN2O2S. The van der Waals surface area contributed by atoms with Crippen molar-refractivity contribution in [2.24, 2.45) is 0 Å². The van der Waals surface area contributed by atoms with Crippen LogP contribution in [0.2, 0.25) is 5.02 Å². The van der Waals surface area contributed by atoms with Gasteiger partial charge in [0, 0.05) is 29.0 Å². The topological polar surface area (TPSA) is 32.8 Å². The van der Waals surface area contributed by atoms with Gasteiger partial charge in [-0.05, 0) is 50.8 Å². The molecule has 4 nitrogen and oxygen atoms in total. The van der Waals surface area contributed by atoms with Crippen molar-refractivity contribution in [1.29, 1.82) is 0 Å². The summed E-state index contributed by atoms with van der Waals surface area (Å²) < 4.78 is 6.05. The van der Waals surface area contributed by atoms with Crippen LogP contribution in [0.1, 0.15) is 24.3 Å². The Bertz CT molecular complexity index is 797. The molecule has 1 aliphatic heterocycles. The molecule has 0 fully saturated rings. The van der Waals surface area contributed by atoms with Crippen LogP contribution in [0.4, 0.5) is 5.69 Å². The maximum absolute atomic E-state index is 12.4. The summed E-state index contributed by atoms with van der Waals surface area (Å²) >= 11 is 7.91. The Morgan fingerprint density at radius 3 is 2.77 bits per heavy atom. The van der Waals surface area contributed by atoms with Crippen LogP contribution in [0.5, 0.6) is 5.75 Å². The molecule has 0 saturated heterocycles. The third-order valence-corrected chi connectivity index (χ3v) is 5.70. The molecule has 0 aromatic heterocycles. The summed E-state index contributed by atoms with van der Waals surface area (Å²) in [5.74, 6) is 0.788. The average molecular weight is 391 g/mol. The Hall–Kier alpha value is -1.69. The van der Waals surface area contributed by atoms with Crippen LogP contribution in [0, 0.1) is 0 Å². The molecule has 0 N–H and O–H groups in total.